The number of nitrogens with zero attached hydrogens (tertiary/aromatic N) is 4. The maximum Gasteiger partial charge on any atom is 0.256 e. The van der Waals surface area contributed by atoms with E-state index in [1.807, 2.05) is 14.0 Å². The standard InChI is InChI=1S/C21H23ClFN5O/c1-13-18-19(22)17(21(29)27(3)15-8-10-26(2)11-9-15)12-24-20(18)28(25-13)16-6-4-14(23)5-7-16/h4-7,12,15H,8-11H2,1-3H3/p+1. The number of amides is 1. The van der Waals surface area contributed by atoms with Crippen LogP contribution < -0.4 is 4.90 Å². The summed E-state index contributed by atoms with van der Waals surface area (Å²) in [7, 11) is 4.01. The minimum atomic E-state index is -0.320. The maximum atomic E-state index is 13.3. The van der Waals surface area contributed by atoms with Crippen LogP contribution in [0.2, 0.25) is 5.02 Å². The average Bonchev–Trinajstić information content (AvgIpc) is 3.06. The number of aryl methyl sites for hydroxylation is 1. The van der Waals surface area contributed by atoms with Gasteiger partial charge in [-0.2, -0.15) is 5.10 Å². The summed E-state index contributed by atoms with van der Waals surface area (Å²) < 4.78 is 14.9. The van der Waals surface area contributed by atoms with Gasteiger partial charge in [-0.1, -0.05) is 11.6 Å². The molecule has 152 valence electrons. The molecule has 8 heteroatoms. The van der Waals surface area contributed by atoms with Crippen LogP contribution in [-0.4, -0.2) is 58.8 Å². The molecule has 1 aliphatic heterocycles. The van der Waals surface area contributed by atoms with E-state index in [0.29, 0.717) is 33.0 Å². The molecule has 3 heterocycles. The van der Waals surface area contributed by atoms with Crippen LogP contribution in [0.1, 0.15) is 28.9 Å². The molecule has 0 aliphatic carbocycles. The Labute approximate surface area is 173 Å². The third-order valence-corrected chi connectivity index (χ3v) is 6.18. The highest BCUT2D eigenvalue weighted by Crippen LogP contribution is 2.31. The Bertz CT molecular complexity index is 1060. The van der Waals surface area contributed by atoms with Gasteiger partial charge in [0.2, 0.25) is 0 Å². The van der Waals surface area contributed by atoms with E-state index in [0.717, 1.165) is 25.9 Å². The van der Waals surface area contributed by atoms with Crippen LogP contribution in [0.5, 0.6) is 0 Å². The van der Waals surface area contributed by atoms with Gasteiger partial charge in [0.05, 0.1) is 47.5 Å². The van der Waals surface area contributed by atoms with Crippen LogP contribution in [-0.2, 0) is 0 Å². The Morgan fingerprint density at radius 2 is 1.93 bits per heavy atom. The summed E-state index contributed by atoms with van der Waals surface area (Å²) in [5.41, 5.74) is 2.27. The van der Waals surface area contributed by atoms with Gasteiger partial charge in [0.25, 0.3) is 5.91 Å². The molecule has 0 spiro atoms. The minimum absolute atomic E-state index is 0.122. The molecule has 4 rings (SSSR count). The fraction of sp³-hybridized carbons (Fsp3) is 0.381. The zero-order valence-corrected chi connectivity index (χ0v) is 17.5. The smallest absolute Gasteiger partial charge is 0.256 e. The summed E-state index contributed by atoms with van der Waals surface area (Å²) >= 11 is 6.67. The largest absolute Gasteiger partial charge is 0.338 e. The van der Waals surface area contributed by atoms with Crippen LogP contribution >= 0.6 is 11.6 Å². The molecule has 1 saturated heterocycles. The summed E-state index contributed by atoms with van der Waals surface area (Å²) in [5.74, 6) is -0.442. The third-order valence-electron chi connectivity index (χ3n) is 5.79. The Morgan fingerprint density at radius 3 is 2.59 bits per heavy atom. The molecular formula is C21H24ClFN5O+. The number of likely N-dealkylation sites (tertiary alicyclic amines) is 1. The molecule has 0 atom stereocenters. The zero-order chi connectivity index (χ0) is 20.7. The minimum Gasteiger partial charge on any atom is -0.338 e. The number of nitrogens with one attached hydrogen (secondary N) is 1. The highest BCUT2D eigenvalue weighted by atomic mass is 35.5. The molecule has 1 fully saturated rings. The van der Waals surface area contributed by atoms with Gasteiger partial charge < -0.3 is 9.80 Å². The van der Waals surface area contributed by atoms with Gasteiger partial charge in [0.15, 0.2) is 5.65 Å². The van der Waals surface area contributed by atoms with Gasteiger partial charge in [0, 0.05) is 32.1 Å². The molecule has 0 unspecified atom stereocenters. The Balaban J connectivity index is 1.70. The lowest BCUT2D eigenvalue weighted by molar-refractivity contribution is -0.885. The Kier molecular flexibility index (Phi) is 5.27. The van der Waals surface area contributed by atoms with Crippen molar-refractivity contribution in [3.8, 4) is 5.69 Å². The number of fused-ring (bicyclic) bond motifs is 1. The van der Waals surface area contributed by atoms with E-state index in [4.69, 9.17) is 11.6 Å². The van der Waals surface area contributed by atoms with Crippen molar-refractivity contribution in [3.05, 3.63) is 52.6 Å². The zero-order valence-electron chi connectivity index (χ0n) is 16.7. The predicted octanol–water partition coefficient (Wildman–Crippen LogP) is 2.27. The van der Waals surface area contributed by atoms with Crippen LogP contribution in [0.3, 0.4) is 0 Å². The first-order chi connectivity index (χ1) is 13.9. The van der Waals surface area contributed by atoms with E-state index in [2.05, 4.69) is 17.1 Å². The van der Waals surface area contributed by atoms with Gasteiger partial charge in [-0.3, -0.25) is 4.79 Å². The molecule has 6 nitrogen and oxygen atoms in total. The SMILES string of the molecule is Cc1nn(-c2ccc(F)cc2)c2ncc(C(=O)N(C)C3CC[NH+](C)CC3)c(Cl)c12. The number of carbonyl (C=O) groups is 1. The quantitative estimate of drug-likeness (QED) is 0.712. The summed E-state index contributed by atoms with van der Waals surface area (Å²) in [6.45, 7) is 3.93. The molecule has 2 aromatic heterocycles. The molecule has 1 N–H and O–H groups in total. The molecule has 1 aromatic carbocycles. The lowest BCUT2D eigenvalue weighted by Crippen LogP contribution is -3.10. The lowest BCUT2D eigenvalue weighted by atomic mass is 10.0. The predicted molar refractivity (Wildman–Crippen MR) is 110 cm³/mol. The topological polar surface area (TPSA) is 55.5 Å². The van der Waals surface area contributed by atoms with E-state index < -0.39 is 0 Å². The summed E-state index contributed by atoms with van der Waals surface area (Å²) in [4.78, 5) is 20.9. The molecule has 0 saturated carbocycles. The number of rotatable bonds is 3. The Morgan fingerprint density at radius 1 is 1.28 bits per heavy atom. The second-order valence-corrected chi connectivity index (χ2v) is 8.14. The summed E-state index contributed by atoms with van der Waals surface area (Å²) in [6, 6.07) is 6.21. The Hall–Kier alpha value is -2.51. The number of hydrogen-bond acceptors (Lipinski definition) is 3. The van der Waals surface area contributed by atoms with E-state index in [1.54, 1.807) is 21.7 Å². The van der Waals surface area contributed by atoms with Crippen molar-refractivity contribution in [1.82, 2.24) is 19.7 Å². The summed E-state index contributed by atoms with van der Waals surface area (Å²) in [5, 5.41) is 5.51. The van der Waals surface area contributed by atoms with Gasteiger partial charge >= 0.3 is 0 Å². The third kappa shape index (κ3) is 3.60. The molecular weight excluding hydrogens is 393 g/mol. The fourth-order valence-electron chi connectivity index (χ4n) is 3.96. The molecule has 1 aliphatic rings. The average molecular weight is 417 g/mol. The van der Waals surface area contributed by atoms with Gasteiger partial charge in [-0.05, 0) is 31.2 Å². The molecule has 0 radical (unpaired) electrons. The van der Waals surface area contributed by atoms with Crippen LogP contribution in [0.4, 0.5) is 4.39 Å². The van der Waals surface area contributed by atoms with Crippen LogP contribution in [0, 0.1) is 12.7 Å². The highest BCUT2D eigenvalue weighted by Gasteiger charge is 2.29. The monoisotopic (exact) mass is 416 g/mol. The van der Waals surface area contributed by atoms with E-state index in [1.165, 1.54) is 23.2 Å². The van der Waals surface area contributed by atoms with Crippen molar-refractivity contribution in [2.24, 2.45) is 0 Å². The van der Waals surface area contributed by atoms with Gasteiger partial charge in [-0.25, -0.2) is 14.1 Å². The number of aromatic nitrogens is 3. The van der Waals surface area contributed by atoms with E-state index in [9.17, 15) is 9.18 Å². The lowest BCUT2D eigenvalue weighted by Gasteiger charge is -2.33. The van der Waals surface area contributed by atoms with Crippen molar-refractivity contribution < 1.29 is 14.1 Å². The van der Waals surface area contributed by atoms with E-state index >= 15 is 0 Å². The molecule has 3 aromatic rings. The maximum absolute atomic E-state index is 13.3. The number of carbonyl (C=O) groups excluding carboxylic acids is 1. The van der Waals surface area contributed by atoms with Crippen molar-refractivity contribution >= 4 is 28.5 Å². The summed E-state index contributed by atoms with van der Waals surface area (Å²) in [6.07, 6.45) is 3.47. The fourth-order valence-corrected chi connectivity index (χ4v) is 4.31. The van der Waals surface area contributed by atoms with Gasteiger partial charge in [-0.15, -0.1) is 0 Å². The number of quaternary nitrogens is 1. The van der Waals surface area contributed by atoms with Crippen molar-refractivity contribution in [3.63, 3.8) is 0 Å². The number of benzene rings is 1. The van der Waals surface area contributed by atoms with Crippen molar-refractivity contribution in [2.75, 3.05) is 27.2 Å². The second-order valence-electron chi connectivity index (χ2n) is 7.76. The number of pyridine rings is 1. The second kappa shape index (κ2) is 7.72. The first-order valence-corrected chi connectivity index (χ1v) is 10.1. The highest BCUT2D eigenvalue weighted by molar-refractivity contribution is 6.38. The number of hydrogen-bond donors (Lipinski definition) is 1. The van der Waals surface area contributed by atoms with Crippen LogP contribution in [0.15, 0.2) is 30.5 Å². The molecule has 0 bridgehead atoms. The first kappa shape index (κ1) is 19.8. The van der Waals surface area contributed by atoms with E-state index in [-0.39, 0.29) is 17.8 Å². The van der Waals surface area contributed by atoms with Crippen LogP contribution in [0.25, 0.3) is 16.7 Å². The first-order valence-electron chi connectivity index (χ1n) is 9.75. The van der Waals surface area contributed by atoms with Gasteiger partial charge in [0.1, 0.15) is 5.82 Å². The normalized spacial score (nSPS) is 19.5. The number of piperidine rings is 1. The van der Waals surface area contributed by atoms with Crippen molar-refractivity contribution in [2.45, 2.75) is 25.8 Å². The molecule has 29 heavy (non-hydrogen) atoms. The molecule has 1 amide bonds. The number of halogens is 2. The van der Waals surface area contributed by atoms with Crippen molar-refractivity contribution in [1.29, 1.82) is 0 Å².